The Morgan fingerprint density at radius 1 is 1.17 bits per heavy atom. The number of ether oxygens (including phenoxy) is 1. The highest BCUT2D eigenvalue weighted by molar-refractivity contribution is 6.30. The lowest BCUT2D eigenvalue weighted by atomic mass is 10.3. The van der Waals surface area contributed by atoms with E-state index in [1.54, 1.807) is 66.7 Å². The standard InChI is InChI=1S/C16H14ClN5O2/c1-11(24-14-5-2-12(17)3-6-14)16(23)21-13-4-7-15(18-8-13)22-9-19-20-10-22/h2-11H,1H3,(H,21,23). The molecular weight excluding hydrogens is 330 g/mol. The van der Waals surface area contributed by atoms with Gasteiger partial charge in [-0.25, -0.2) is 4.98 Å². The molecular formula is C16H14ClN5O2. The molecule has 2 heterocycles. The van der Waals surface area contributed by atoms with Crippen LogP contribution in [0.2, 0.25) is 5.02 Å². The highest BCUT2D eigenvalue weighted by Crippen LogP contribution is 2.17. The molecule has 7 nitrogen and oxygen atoms in total. The van der Waals surface area contributed by atoms with Crippen molar-refractivity contribution >= 4 is 23.2 Å². The number of benzene rings is 1. The van der Waals surface area contributed by atoms with Crippen LogP contribution in [0.1, 0.15) is 6.92 Å². The van der Waals surface area contributed by atoms with E-state index in [2.05, 4.69) is 20.5 Å². The van der Waals surface area contributed by atoms with E-state index in [9.17, 15) is 4.79 Å². The largest absolute Gasteiger partial charge is 0.481 e. The minimum Gasteiger partial charge on any atom is -0.481 e. The molecule has 0 saturated carbocycles. The number of nitrogens with zero attached hydrogens (tertiary/aromatic N) is 4. The quantitative estimate of drug-likeness (QED) is 0.770. The fraction of sp³-hybridized carbons (Fsp3) is 0.125. The Morgan fingerprint density at radius 3 is 2.50 bits per heavy atom. The number of hydrogen-bond donors (Lipinski definition) is 1. The fourth-order valence-corrected chi connectivity index (χ4v) is 2.07. The molecule has 3 rings (SSSR count). The van der Waals surface area contributed by atoms with Crippen LogP contribution in [0, 0.1) is 0 Å². The third-order valence-corrected chi connectivity index (χ3v) is 3.45. The molecule has 3 aromatic rings. The number of carbonyl (C=O) groups is 1. The summed E-state index contributed by atoms with van der Waals surface area (Å²) < 4.78 is 7.24. The Morgan fingerprint density at radius 2 is 1.88 bits per heavy atom. The number of anilines is 1. The summed E-state index contributed by atoms with van der Waals surface area (Å²) in [4.78, 5) is 16.4. The molecule has 0 spiro atoms. The van der Waals surface area contributed by atoms with Gasteiger partial charge in [0.05, 0.1) is 11.9 Å². The van der Waals surface area contributed by atoms with Crippen LogP contribution in [0.4, 0.5) is 5.69 Å². The van der Waals surface area contributed by atoms with Gasteiger partial charge in [-0.2, -0.15) is 0 Å². The van der Waals surface area contributed by atoms with Gasteiger partial charge in [-0.1, -0.05) is 11.6 Å². The molecule has 0 bridgehead atoms. The number of pyridine rings is 1. The molecule has 0 saturated heterocycles. The Hall–Kier alpha value is -2.93. The van der Waals surface area contributed by atoms with E-state index in [0.29, 0.717) is 22.3 Å². The van der Waals surface area contributed by atoms with Crippen LogP contribution < -0.4 is 10.1 Å². The fourth-order valence-electron chi connectivity index (χ4n) is 1.95. The maximum absolute atomic E-state index is 12.2. The average molecular weight is 344 g/mol. The van der Waals surface area contributed by atoms with Crippen molar-refractivity contribution in [2.45, 2.75) is 13.0 Å². The molecule has 0 fully saturated rings. The molecule has 8 heteroatoms. The molecule has 24 heavy (non-hydrogen) atoms. The van der Waals surface area contributed by atoms with Gasteiger partial charge in [-0.3, -0.25) is 9.36 Å². The van der Waals surface area contributed by atoms with Gasteiger partial charge in [0, 0.05) is 5.02 Å². The van der Waals surface area contributed by atoms with E-state index in [4.69, 9.17) is 16.3 Å². The SMILES string of the molecule is CC(Oc1ccc(Cl)cc1)C(=O)Nc1ccc(-n2cnnc2)nc1. The van der Waals surface area contributed by atoms with Gasteiger partial charge >= 0.3 is 0 Å². The minimum absolute atomic E-state index is 0.274. The number of hydrogen-bond acceptors (Lipinski definition) is 5. The van der Waals surface area contributed by atoms with E-state index in [-0.39, 0.29) is 5.91 Å². The van der Waals surface area contributed by atoms with Crippen molar-refractivity contribution in [1.29, 1.82) is 0 Å². The van der Waals surface area contributed by atoms with Crippen molar-refractivity contribution in [3.63, 3.8) is 0 Å². The molecule has 0 radical (unpaired) electrons. The van der Waals surface area contributed by atoms with Crippen LogP contribution in [0.5, 0.6) is 5.75 Å². The summed E-state index contributed by atoms with van der Waals surface area (Å²) in [5.41, 5.74) is 0.573. The summed E-state index contributed by atoms with van der Waals surface area (Å²) in [5, 5.41) is 10.8. The smallest absolute Gasteiger partial charge is 0.265 e. The molecule has 122 valence electrons. The maximum Gasteiger partial charge on any atom is 0.265 e. The molecule has 0 aliphatic heterocycles. The number of nitrogens with one attached hydrogen (secondary N) is 1. The van der Waals surface area contributed by atoms with Gasteiger partial charge in [0.1, 0.15) is 24.2 Å². The number of rotatable bonds is 5. The van der Waals surface area contributed by atoms with Crippen LogP contribution in [0.25, 0.3) is 5.82 Å². The third kappa shape index (κ3) is 3.88. The van der Waals surface area contributed by atoms with Crippen LogP contribution in [0.15, 0.2) is 55.2 Å². The summed E-state index contributed by atoms with van der Waals surface area (Å²) in [6, 6.07) is 10.3. The van der Waals surface area contributed by atoms with E-state index < -0.39 is 6.10 Å². The van der Waals surface area contributed by atoms with Gasteiger partial charge in [0.25, 0.3) is 5.91 Å². The molecule has 0 aliphatic rings. The average Bonchev–Trinajstić information content (AvgIpc) is 3.12. The highest BCUT2D eigenvalue weighted by Gasteiger charge is 2.15. The van der Waals surface area contributed by atoms with Crippen LogP contribution in [-0.4, -0.2) is 31.8 Å². The highest BCUT2D eigenvalue weighted by atomic mass is 35.5. The topological polar surface area (TPSA) is 81.9 Å². The molecule has 0 aliphatic carbocycles. The molecule has 1 amide bonds. The number of aromatic nitrogens is 4. The lowest BCUT2D eigenvalue weighted by Gasteiger charge is -2.14. The Bertz CT molecular complexity index is 803. The first-order valence-corrected chi connectivity index (χ1v) is 7.54. The van der Waals surface area contributed by atoms with Crippen molar-refractivity contribution in [2.75, 3.05) is 5.32 Å². The monoisotopic (exact) mass is 343 g/mol. The van der Waals surface area contributed by atoms with Crippen molar-refractivity contribution in [3.8, 4) is 11.6 Å². The number of amides is 1. The minimum atomic E-state index is -0.663. The third-order valence-electron chi connectivity index (χ3n) is 3.19. The van der Waals surface area contributed by atoms with Gasteiger partial charge in [-0.15, -0.1) is 10.2 Å². The zero-order valence-corrected chi connectivity index (χ0v) is 13.5. The van der Waals surface area contributed by atoms with Crippen molar-refractivity contribution in [2.24, 2.45) is 0 Å². The normalized spacial score (nSPS) is 11.8. The molecule has 2 aromatic heterocycles. The molecule has 1 aromatic carbocycles. The van der Waals surface area contributed by atoms with Crippen LogP contribution >= 0.6 is 11.6 Å². The Kier molecular flexibility index (Phi) is 4.72. The summed E-state index contributed by atoms with van der Waals surface area (Å²) in [6.45, 7) is 1.67. The lowest BCUT2D eigenvalue weighted by Crippen LogP contribution is -2.30. The summed E-state index contributed by atoms with van der Waals surface area (Å²) >= 11 is 5.82. The van der Waals surface area contributed by atoms with Gasteiger partial charge in [0.15, 0.2) is 6.10 Å². The Labute approximate surface area is 143 Å². The second kappa shape index (κ2) is 7.10. The van der Waals surface area contributed by atoms with Crippen LogP contribution in [0.3, 0.4) is 0 Å². The molecule has 1 N–H and O–H groups in total. The number of carbonyl (C=O) groups excluding carboxylic acids is 1. The second-order valence-corrected chi connectivity index (χ2v) is 5.41. The Balaban J connectivity index is 1.60. The van der Waals surface area contributed by atoms with E-state index in [1.807, 2.05) is 0 Å². The zero-order chi connectivity index (χ0) is 16.9. The maximum atomic E-state index is 12.2. The predicted octanol–water partition coefficient (Wildman–Crippen LogP) is 2.72. The second-order valence-electron chi connectivity index (χ2n) is 4.98. The lowest BCUT2D eigenvalue weighted by molar-refractivity contribution is -0.122. The summed E-state index contributed by atoms with van der Waals surface area (Å²) in [7, 11) is 0. The van der Waals surface area contributed by atoms with Gasteiger partial charge < -0.3 is 10.1 Å². The van der Waals surface area contributed by atoms with Crippen LogP contribution in [-0.2, 0) is 4.79 Å². The predicted molar refractivity (Wildman–Crippen MR) is 89.3 cm³/mol. The van der Waals surface area contributed by atoms with E-state index in [1.165, 1.54) is 0 Å². The van der Waals surface area contributed by atoms with Crippen molar-refractivity contribution in [1.82, 2.24) is 19.7 Å². The first-order valence-electron chi connectivity index (χ1n) is 7.16. The first-order chi connectivity index (χ1) is 11.6. The number of halogens is 1. The first kappa shape index (κ1) is 15.9. The molecule has 1 unspecified atom stereocenters. The van der Waals surface area contributed by atoms with E-state index in [0.717, 1.165) is 0 Å². The van der Waals surface area contributed by atoms with Crippen molar-refractivity contribution < 1.29 is 9.53 Å². The summed E-state index contributed by atoms with van der Waals surface area (Å²) in [6.07, 6.45) is 3.98. The van der Waals surface area contributed by atoms with Gasteiger partial charge in [0.2, 0.25) is 0 Å². The van der Waals surface area contributed by atoms with E-state index >= 15 is 0 Å². The van der Waals surface area contributed by atoms with Crippen molar-refractivity contribution in [3.05, 3.63) is 60.3 Å². The zero-order valence-electron chi connectivity index (χ0n) is 12.8. The van der Waals surface area contributed by atoms with Gasteiger partial charge in [-0.05, 0) is 43.3 Å². The molecule has 1 atom stereocenters. The summed E-state index contributed by atoms with van der Waals surface area (Å²) in [5.74, 6) is 0.954.